The number of hydrogen-bond acceptors (Lipinski definition) is 4. The fourth-order valence-corrected chi connectivity index (χ4v) is 1.81. The number of rotatable bonds is 1. The minimum Gasteiger partial charge on any atom is -0.444 e. The largest absolute Gasteiger partial charge is 0.444 e. The Bertz CT molecular complexity index is 508. The van der Waals surface area contributed by atoms with Crippen LogP contribution in [0.15, 0.2) is 18.5 Å². The Hall–Kier alpha value is -2.11. The normalized spacial score (nSPS) is 18.3. The molecular weight excluding hydrogens is 246 g/mol. The highest BCUT2D eigenvalue weighted by Crippen LogP contribution is 2.21. The van der Waals surface area contributed by atoms with Crippen molar-refractivity contribution in [3.05, 3.63) is 24.0 Å². The van der Waals surface area contributed by atoms with Crippen LogP contribution in [-0.4, -0.2) is 28.6 Å². The lowest BCUT2D eigenvalue weighted by Gasteiger charge is -2.26. The quantitative estimate of drug-likeness (QED) is 0.804. The zero-order valence-corrected chi connectivity index (χ0v) is 11.2. The molecule has 1 aromatic rings. The minimum absolute atomic E-state index is 0.258. The number of ether oxygens (including phenoxy) is 1. The molecule has 1 aliphatic heterocycles. The van der Waals surface area contributed by atoms with E-state index in [1.54, 1.807) is 33.2 Å². The van der Waals surface area contributed by atoms with Gasteiger partial charge in [-0.15, -0.1) is 0 Å². The second-order valence-corrected chi connectivity index (χ2v) is 5.43. The molecule has 1 atom stereocenters. The molecule has 1 aromatic heterocycles. The van der Waals surface area contributed by atoms with E-state index >= 15 is 0 Å². The van der Waals surface area contributed by atoms with Crippen molar-refractivity contribution >= 4 is 17.7 Å². The number of aromatic nitrogens is 1. The van der Waals surface area contributed by atoms with Crippen molar-refractivity contribution in [1.82, 2.24) is 10.3 Å². The predicted molar refractivity (Wildman–Crippen MR) is 69.7 cm³/mol. The summed E-state index contributed by atoms with van der Waals surface area (Å²) in [6.07, 6.45) is 3.09. The van der Waals surface area contributed by atoms with Crippen LogP contribution in [0.4, 0.5) is 10.5 Å². The molecule has 2 rings (SSSR count). The lowest BCUT2D eigenvalue weighted by atomic mass is 10.0. The number of hydrogen-bond donors (Lipinski definition) is 2. The Kier molecular flexibility index (Phi) is 3.42. The highest BCUT2D eigenvalue weighted by Gasteiger charge is 2.29. The first-order valence-electron chi connectivity index (χ1n) is 6.08. The summed E-state index contributed by atoms with van der Waals surface area (Å²) >= 11 is 0. The lowest BCUT2D eigenvalue weighted by Crippen LogP contribution is -2.49. The van der Waals surface area contributed by atoms with Crippen LogP contribution in [0.1, 0.15) is 26.3 Å². The molecule has 6 heteroatoms. The van der Waals surface area contributed by atoms with E-state index < -0.39 is 17.7 Å². The molecule has 2 N–H and O–H groups in total. The number of anilines is 1. The van der Waals surface area contributed by atoms with Gasteiger partial charge < -0.3 is 15.4 Å². The van der Waals surface area contributed by atoms with Crippen LogP contribution in [0.25, 0.3) is 0 Å². The third-order valence-electron chi connectivity index (χ3n) is 2.60. The second kappa shape index (κ2) is 4.87. The summed E-state index contributed by atoms with van der Waals surface area (Å²) in [6.45, 7) is 5.32. The number of fused-ring (bicyclic) bond motifs is 1. The number of carbonyl (C=O) groups excluding carboxylic acids is 2. The summed E-state index contributed by atoms with van der Waals surface area (Å²) in [7, 11) is 0. The molecule has 2 amide bonds. The summed E-state index contributed by atoms with van der Waals surface area (Å²) in [6, 6.07) is 1.20. The van der Waals surface area contributed by atoms with Crippen LogP contribution in [0, 0.1) is 0 Å². The number of amides is 2. The van der Waals surface area contributed by atoms with Gasteiger partial charge in [-0.25, -0.2) is 4.79 Å². The van der Waals surface area contributed by atoms with E-state index in [-0.39, 0.29) is 5.91 Å². The monoisotopic (exact) mass is 263 g/mol. The van der Waals surface area contributed by atoms with Crippen LogP contribution in [0.3, 0.4) is 0 Å². The van der Waals surface area contributed by atoms with E-state index in [4.69, 9.17) is 4.74 Å². The van der Waals surface area contributed by atoms with Gasteiger partial charge in [0, 0.05) is 12.6 Å². The van der Waals surface area contributed by atoms with E-state index in [9.17, 15) is 9.59 Å². The van der Waals surface area contributed by atoms with Gasteiger partial charge in [0.25, 0.3) is 0 Å². The molecule has 19 heavy (non-hydrogen) atoms. The van der Waals surface area contributed by atoms with Crippen LogP contribution < -0.4 is 10.6 Å². The van der Waals surface area contributed by atoms with Gasteiger partial charge in [-0.05, 0) is 32.4 Å². The molecule has 0 saturated carbocycles. The summed E-state index contributed by atoms with van der Waals surface area (Å²) in [5.41, 5.74) is 1.04. The van der Waals surface area contributed by atoms with Crippen LogP contribution in [0.2, 0.25) is 0 Å². The van der Waals surface area contributed by atoms with Gasteiger partial charge in [-0.2, -0.15) is 0 Å². The van der Waals surface area contributed by atoms with Crippen molar-refractivity contribution in [3.8, 4) is 0 Å². The number of carbonyl (C=O) groups is 2. The molecule has 6 nitrogen and oxygen atoms in total. The van der Waals surface area contributed by atoms with Crippen molar-refractivity contribution < 1.29 is 14.3 Å². The Balaban J connectivity index is 2.03. The zero-order chi connectivity index (χ0) is 14.0. The Morgan fingerprint density at radius 3 is 2.95 bits per heavy atom. The maximum Gasteiger partial charge on any atom is 0.408 e. The SMILES string of the molecule is CC(C)(C)OC(=O)N[C@@H]1Cc2ccncc2NC1=O. The van der Waals surface area contributed by atoms with Crippen molar-refractivity contribution in [3.63, 3.8) is 0 Å². The Morgan fingerprint density at radius 1 is 1.53 bits per heavy atom. The molecule has 0 fully saturated rings. The summed E-state index contributed by atoms with van der Waals surface area (Å²) in [4.78, 5) is 27.4. The van der Waals surface area contributed by atoms with Gasteiger partial charge in [0.15, 0.2) is 0 Å². The number of alkyl carbamates (subject to hydrolysis) is 1. The highest BCUT2D eigenvalue weighted by molar-refractivity contribution is 5.99. The van der Waals surface area contributed by atoms with Crippen LogP contribution in [0.5, 0.6) is 0 Å². The maximum absolute atomic E-state index is 11.8. The van der Waals surface area contributed by atoms with Crippen molar-refractivity contribution in [1.29, 1.82) is 0 Å². The molecule has 0 aromatic carbocycles. The van der Waals surface area contributed by atoms with Gasteiger partial charge in [-0.3, -0.25) is 9.78 Å². The van der Waals surface area contributed by atoms with Crippen LogP contribution in [-0.2, 0) is 16.0 Å². The standard InChI is InChI=1S/C13H17N3O3/c1-13(2,3)19-12(18)16-9-6-8-4-5-14-7-10(8)15-11(9)17/h4-5,7,9H,6H2,1-3H3,(H,15,17)(H,16,18)/t9-/m1/s1. The van der Waals surface area contributed by atoms with Crippen molar-refractivity contribution in [2.45, 2.75) is 38.8 Å². The molecule has 102 valence electrons. The van der Waals surface area contributed by atoms with Gasteiger partial charge in [0.2, 0.25) is 5.91 Å². The Labute approximate surface area is 111 Å². The van der Waals surface area contributed by atoms with Gasteiger partial charge >= 0.3 is 6.09 Å². The average Bonchev–Trinajstić information content (AvgIpc) is 2.27. The fourth-order valence-electron chi connectivity index (χ4n) is 1.81. The summed E-state index contributed by atoms with van der Waals surface area (Å²) < 4.78 is 5.13. The molecule has 0 aliphatic carbocycles. The second-order valence-electron chi connectivity index (χ2n) is 5.43. The first kappa shape index (κ1) is 13.3. The fraction of sp³-hybridized carbons (Fsp3) is 0.462. The van der Waals surface area contributed by atoms with E-state index in [0.29, 0.717) is 12.1 Å². The average molecular weight is 263 g/mol. The van der Waals surface area contributed by atoms with Gasteiger partial charge in [-0.1, -0.05) is 0 Å². The molecule has 0 bridgehead atoms. The van der Waals surface area contributed by atoms with Crippen molar-refractivity contribution in [2.75, 3.05) is 5.32 Å². The van der Waals surface area contributed by atoms with Crippen LogP contribution >= 0.6 is 0 Å². The van der Waals surface area contributed by atoms with E-state index in [2.05, 4.69) is 15.6 Å². The maximum atomic E-state index is 11.8. The first-order chi connectivity index (χ1) is 8.85. The van der Waals surface area contributed by atoms with E-state index in [1.807, 2.05) is 6.07 Å². The molecule has 0 radical (unpaired) electrons. The first-order valence-corrected chi connectivity index (χ1v) is 6.08. The van der Waals surface area contributed by atoms with Gasteiger partial charge in [0.1, 0.15) is 11.6 Å². The van der Waals surface area contributed by atoms with Gasteiger partial charge in [0.05, 0.1) is 11.9 Å². The Morgan fingerprint density at radius 2 is 2.26 bits per heavy atom. The molecule has 0 saturated heterocycles. The van der Waals surface area contributed by atoms with E-state index in [0.717, 1.165) is 5.56 Å². The predicted octanol–water partition coefficient (Wildman–Crippen LogP) is 1.47. The number of pyridine rings is 1. The van der Waals surface area contributed by atoms with E-state index in [1.165, 1.54) is 0 Å². The molecule has 2 heterocycles. The smallest absolute Gasteiger partial charge is 0.408 e. The molecular formula is C13H17N3O3. The third-order valence-corrected chi connectivity index (χ3v) is 2.60. The molecule has 0 spiro atoms. The lowest BCUT2D eigenvalue weighted by molar-refractivity contribution is -0.118. The third kappa shape index (κ3) is 3.43. The highest BCUT2D eigenvalue weighted by atomic mass is 16.6. The molecule has 0 unspecified atom stereocenters. The summed E-state index contributed by atoms with van der Waals surface area (Å²) in [5.74, 6) is -0.258. The topological polar surface area (TPSA) is 80.3 Å². The number of nitrogens with zero attached hydrogens (tertiary/aromatic N) is 1. The number of nitrogens with one attached hydrogen (secondary N) is 2. The zero-order valence-electron chi connectivity index (χ0n) is 11.2. The molecule has 1 aliphatic rings. The van der Waals surface area contributed by atoms with Crippen molar-refractivity contribution in [2.24, 2.45) is 0 Å². The summed E-state index contributed by atoms with van der Waals surface area (Å²) in [5, 5.41) is 5.28. The minimum atomic E-state index is -0.621.